The number of carbonyl (C=O) groups excluding carboxylic acids is 1. The predicted molar refractivity (Wildman–Crippen MR) is 128 cm³/mol. The van der Waals surface area contributed by atoms with E-state index in [0.717, 1.165) is 46.3 Å². The lowest BCUT2D eigenvalue weighted by Gasteiger charge is -2.17. The summed E-state index contributed by atoms with van der Waals surface area (Å²) in [4.78, 5) is 20.2. The molecule has 0 fully saturated rings. The van der Waals surface area contributed by atoms with Crippen LogP contribution in [0.2, 0.25) is 0 Å². The summed E-state index contributed by atoms with van der Waals surface area (Å²) in [7, 11) is 0. The first-order valence-electron chi connectivity index (χ1n) is 10.2. The van der Waals surface area contributed by atoms with Crippen LogP contribution in [-0.2, 0) is 12.8 Å². The van der Waals surface area contributed by atoms with Crippen LogP contribution < -0.4 is 11.1 Å². The van der Waals surface area contributed by atoms with Crippen molar-refractivity contribution in [3.05, 3.63) is 63.3 Å². The van der Waals surface area contributed by atoms with Crippen molar-refractivity contribution in [2.24, 2.45) is 5.92 Å². The topological polar surface area (TPSA) is 91.8 Å². The second kappa shape index (κ2) is 7.80. The number of thiophene rings is 2. The van der Waals surface area contributed by atoms with Gasteiger partial charge in [-0.05, 0) is 42.9 Å². The average molecular weight is 445 g/mol. The first-order valence-corrected chi connectivity index (χ1v) is 11.8. The van der Waals surface area contributed by atoms with E-state index in [2.05, 4.69) is 18.3 Å². The molecule has 1 unspecified atom stereocenters. The number of nitrogens with two attached hydrogens (primary N) is 1. The zero-order valence-electron chi connectivity index (χ0n) is 16.9. The van der Waals surface area contributed by atoms with E-state index in [1.165, 1.54) is 27.6 Å². The van der Waals surface area contributed by atoms with E-state index in [1.54, 1.807) is 0 Å². The largest absolute Gasteiger partial charge is 0.397 e. The highest BCUT2D eigenvalue weighted by atomic mass is 32.1. The van der Waals surface area contributed by atoms with Crippen LogP contribution in [0.15, 0.2) is 42.5 Å². The smallest absolute Gasteiger partial charge is 0.268 e. The maximum absolute atomic E-state index is 13.1. The summed E-state index contributed by atoms with van der Waals surface area (Å²) >= 11 is 2.80. The van der Waals surface area contributed by atoms with Gasteiger partial charge in [-0.2, -0.15) is 5.26 Å². The van der Waals surface area contributed by atoms with Crippen LogP contribution in [0.25, 0.3) is 21.5 Å². The predicted octanol–water partition coefficient (Wildman–Crippen LogP) is 5.86. The quantitative estimate of drug-likeness (QED) is 0.414. The van der Waals surface area contributed by atoms with Gasteiger partial charge in [0, 0.05) is 15.8 Å². The first kappa shape index (κ1) is 19.7. The number of fused-ring (bicyclic) bond motifs is 2. The molecule has 3 N–H and O–H groups in total. The summed E-state index contributed by atoms with van der Waals surface area (Å²) in [5.41, 5.74) is 10.3. The molecule has 5 nitrogen and oxygen atoms in total. The van der Waals surface area contributed by atoms with Crippen molar-refractivity contribution < 1.29 is 4.79 Å². The van der Waals surface area contributed by atoms with Gasteiger partial charge in [0.25, 0.3) is 5.91 Å². The number of nitrogens with zero attached hydrogens (tertiary/aromatic N) is 2. The number of carbonyl (C=O) groups is 1. The SMILES string of the molecule is CC1CCc2c(sc(NC(=O)c3sc4nc(-c5ccccc5)ccc4c3N)c2C#N)C1. The van der Waals surface area contributed by atoms with Gasteiger partial charge in [0.2, 0.25) is 0 Å². The van der Waals surface area contributed by atoms with Gasteiger partial charge in [-0.15, -0.1) is 22.7 Å². The number of nitriles is 1. The van der Waals surface area contributed by atoms with E-state index >= 15 is 0 Å². The summed E-state index contributed by atoms with van der Waals surface area (Å²) in [6, 6.07) is 16.0. The van der Waals surface area contributed by atoms with Crippen molar-refractivity contribution in [1.29, 1.82) is 5.26 Å². The molecule has 31 heavy (non-hydrogen) atoms. The molecule has 5 rings (SSSR count). The highest BCUT2D eigenvalue weighted by Gasteiger charge is 2.26. The highest BCUT2D eigenvalue weighted by Crippen LogP contribution is 2.40. The average Bonchev–Trinajstić information content (AvgIpc) is 3.30. The van der Waals surface area contributed by atoms with E-state index in [9.17, 15) is 10.1 Å². The van der Waals surface area contributed by atoms with Crippen molar-refractivity contribution in [2.75, 3.05) is 11.1 Å². The number of nitrogen functional groups attached to an aromatic ring is 1. The Morgan fingerprint density at radius 2 is 2.03 bits per heavy atom. The van der Waals surface area contributed by atoms with Crippen LogP contribution in [-0.4, -0.2) is 10.9 Å². The number of rotatable bonds is 3. The van der Waals surface area contributed by atoms with Crippen LogP contribution in [0.5, 0.6) is 0 Å². The van der Waals surface area contributed by atoms with Crippen LogP contribution >= 0.6 is 22.7 Å². The molecule has 154 valence electrons. The van der Waals surface area contributed by atoms with Crippen molar-refractivity contribution >= 4 is 49.5 Å². The number of aromatic nitrogens is 1. The zero-order valence-corrected chi connectivity index (χ0v) is 18.6. The number of nitrogens with one attached hydrogen (secondary N) is 1. The Kier molecular flexibility index (Phi) is 4.97. The summed E-state index contributed by atoms with van der Waals surface area (Å²) < 4.78 is 0. The molecule has 0 aliphatic heterocycles. The number of hydrogen-bond acceptors (Lipinski definition) is 6. The normalized spacial score (nSPS) is 15.4. The Morgan fingerprint density at radius 3 is 2.81 bits per heavy atom. The Hall–Kier alpha value is -3.21. The minimum absolute atomic E-state index is 0.287. The summed E-state index contributed by atoms with van der Waals surface area (Å²) in [6.07, 6.45) is 2.93. The fourth-order valence-corrected chi connectivity index (χ4v) is 6.40. The minimum Gasteiger partial charge on any atom is -0.397 e. The fourth-order valence-electron chi connectivity index (χ4n) is 4.05. The first-order chi connectivity index (χ1) is 15.0. The molecule has 1 aliphatic rings. The second-order valence-electron chi connectivity index (χ2n) is 7.88. The second-order valence-corrected chi connectivity index (χ2v) is 9.99. The molecular weight excluding hydrogens is 424 g/mol. The Balaban J connectivity index is 1.48. The van der Waals surface area contributed by atoms with Gasteiger partial charge in [-0.1, -0.05) is 37.3 Å². The van der Waals surface area contributed by atoms with E-state index in [4.69, 9.17) is 10.7 Å². The van der Waals surface area contributed by atoms with Gasteiger partial charge in [0.05, 0.1) is 16.9 Å². The molecule has 3 heterocycles. The molecule has 0 bridgehead atoms. The van der Waals surface area contributed by atoms with Gasteiger partial charge in [0.15, 0.2) is 0 Å². The third-order valence-corrected chi connectivity index (χ3v) is 8.00. The number of benzene rings is 1. The Labute approximate surface area is 188 Å². The third kappa shape index (κ3) is 3.48. The Morgan fingerprint density at radius 1 is 1.23 bits per heavy atom. The molecule has 0 saturated carbocycles. The minimum atomic E-state index is -0.287. The zero-order chi connectivity index (χ0) is 21.5. The number of hydrogen-bond donors (Lipinski definition) is 2. The molecular formula is C24H20N4OS2. The molecule has 7 heteroatoms. The van der Waals surface area contributed by atoms with Crippen LogP contribution in [0, 0.1) is 17.2 Å². The van der Waals surface area contributed by atoms with Gasteiger partial charge in [0.1, 0.15) is 20.8 Å². The lowest BCUT2D eigenvalue weighted by atomic mass is 9.89. The molecule has 1 aliphatic carbocycles. The maximum atomic E-state index is 13.1. The molecule has 1 amide bonds. The van der Waals surface area contributed by atoms with Gasteiger partial charge in [-0.25, -0.2) is 4.98 Å². The van der Waals surface area contributed by atoms with Crippen molar-refractivity contribution in [3.8, 4) is 17.3 Å². The molecule has 4 aromatic rings. The number of anilines is 2. The van der Waals surface area contributed by atoms with Crippen LogP contribution in [0.3, 0.4) is 0 Å². The van der Waals surface area contributed by atoms with Gasteiger partial charge < -0.3 is 11.1 Å². The lowest BCUT2D eigenvalue weighted by molar-refractivity contribution is 0.103. The van der Waals surface area contributed by atoms with Gasteiger partial charge >= 0.3 is 0 Å². The molecule has 1 aromatic carbocycles. The number of pyridine rings is 1. The lowest BCUT2D eigenvalue weighted by Crippen LogP contribution is -2.12. The van der Waals surface area contributed by atoms with E-state index in [1.807, 2.05) is 42.5 Å². The summed E-state index contributed by atoms with van der Waals surface area (Å²) in [6.45, 7) is 2.22. The van der Waals surface area contributed by atoms with E-state index in [0.29, 0.717) is 27.0 Å². The van der Waals surface area contributed by atoms with Crippen LogP contribution in [0.1, 0.15) is 39.0 Å². The summed E-state index contributed by atoms with van der Waals surface area (Å²) in [5, 5.41) is 14.1. The fraction of sp³-hybridized carbons (Fsp3) is 0.208. The van der Waals surface area contributed by atoms with E-state index in [-0.39, 0.29) is 5.91 Å². The standard InChI is InChI=1S/C24H20N4OS2/c1-13-7-8-15-17(12-25)24(30-19(15)11-13)28-22(29)21-20(26)16-9-10-18(27-23(16)31-21)14-5-3-2-4-6-14/h2-6,9-10,13H,7-8,11,26H2,1H3,(H,28,29). The maximum Gasteiger partial charge on any atom is 0.268 e. The van der Waals surface area contributed by atoms with Gasteiger partial charge in [-0.3, -0.25) is 4.79 Å². The number of amides is 1. The third-order valence-electron chi connectivity index (χ3n) is 5.72. The van der Waals surface area contributed by atoms with Crippen molar-refractivity contribution in [2.45, 2.75) is 26.2 Å². The highest BCUT2D eigenvalue weighted by molar-refractivity contribution is 7.21. The molecule has 0 spiro atoms. The van der Waals surface area contributed by atoms with Crippen molar-refractivity contribution in [3.63, 3.8) is 0 Å². The monoisotopic (exact) mass is 444 g/mol. The van der Waals surface area contributed by atoms with Crippen LogP contribution in [0.4, 0.5) is 10.7 Å². The Bertz CT molecular complexity index is 1350. The molecule has 0 radical (unpaired) electrons. The molecule has 0 saturated heterocycles. The molecule has 1 atom stereocenters. The van der Waals surface area contributed by atoms with E-state index < -0.39 is 0 Å². The summed E-state index contributed by atoms with van der Waals surface area (Å²) in [5.74, 6) is 0.314. The molecule has 3 aromatic heterocycles. The van der Waals surface area contributed by atoms with Crippen molar-refractivity contribution in [1.82, 2.24) is 4.98 Å².